The minimum absolute atomic E-state index is 0.00465. The molecule has 4 aromatic rings. The standard InChI is InChI=1S/C20H14N2O5S/c23-19(16-3-1-9-25-16)21-14-7-5-13(6-8-14)20(24)26-12-15-11-17(27-22-15)18-4-2-10-28-18/h1-11H,12H2,(H,21,23). The highest BCUT2D eigenvalue weighted by atomic mass is 32.1. The minimum atomic E-state index is -0.496. The third-order valence-corrected chi connectivity index (χ3v) is 4.68. The van der Waals surface area contributed by atoms with Gasteiger partial charge in [0.15, 0.2) is 11.5 Å². The molecule has 140 valence electrons. The normalized spacial score (nSPS) is 10.6. The van der Waals surface area contributed by atoms with Crippen molar-refractivity contribution in [2.75, 3.05) is 5.32 Å². The Morgan fingerprint density at radius 3 is 2.68 bits per heavy atom. The second kappa shape index (κ2) is 7.93. The van der Waals surface area contributed by atoms with Crippen molar-refractivity contribution in [2.24, 2.45) is 0 Å². The predicted octanol–water partition coefficient (Wildman–Crippen LogP) is 4.61. The fourth-order valence-corrected chi connectivity index (χ4v) is 3.10. The molecule has 1 amide bonds. The maximum atomic E-state index is 12.2. The molecule has 0 saturated carbocycles. The molecule has 4 rings (SSSR count). The molecule has 28 heavy (non-hydrogen) atoms. The Morgan fingerprint density at radius 1 is 1.11 bits per heavy atom. The van der Waals surface area contributed by atoms with Crippen molar-refractivity contribution in [2.45, 2.75) is 6.61 Å². The zero-order valence-electron chi connectivity index (χ0n) is 14.5. The van der Waals surface area contributed by atoms with Gasteiger partial charge in [-0.25, -0.2) is 4.79 Å². The summed E-state index contributed by atoms with van der Waals surface area (Å²) in [5.41, 5.74) is 1.42. The zero-order valence-corrected chi connectivity index (χ0v) is 15.3. The van der Waals surface area contributed by atoms with Crippen molar-refractivity contribution >= 4 is 28.9 Å². The van der Waals surface area contributed by atoms with Crippen LogP contribution in [0.4, 0.5) is 5.69 Å². The lowest BCUT2D eigenvalue weighted by molar-refractivity contribution is 0.0464. The van der Waals surface area contributed by atoms with Crippen molar-refractivity contribution in [1.82, 2.24) is 5.16 Å². The summed E-state index contributed by atoms with van der Waals surface area (Å²) < 4.78 is 15.5. The quantitative estimate of drug-likeness (QED) is 0.480. The first-order valence-corrected chi connectivity index (χ1v) is 9.18. The summed E-state index contributed by atoms with van der Waals surface area (Å²) in [5, 5.41) is 8.53. The Balaban J connectivity index is 1.33. The molecule has 0 aliphatic rings. The Hall–Kier alpha value is -3.65. The molecule has 0 bridgehead atoms. The van der Waals surface area contributed by atoms with Crippen molar-refractivity contribution < 1.29 is 23.3 Å². The van der Waals surface area contributed by atoms with Gasteiger partial charge >= 0.3 is 5.97 Å². The molecular weight excluding hydrogens is 380 g/mol. The van der Waals surface area contributed by atoms with Crippen LogP contribution in [0.5, 0.6) is 0 Å². The molecule has 3 heterocycles. The van der Waals surface area contributed by atoms with Crippen LogP contribution >= 0.6 is 11.3 Å². The zero-order chi connectivity index (χ0) is 19.3. The highest BCUT2D eigenvalue weighted by Crippen LogP contribution is 2.25. The fourth-order valence-electron chi connectivity index (χ4n) is 2.43. The average Bonchev–Trinajstić information content (AvgIpc) is 3.49. The van der Waals surface area contributed by atoms with E-state index in [0.29, 0.717) is 22.7 Å². The topological polar surface area (TPSA) is 94.6 Å². The second-order valence-electron chi connectivity index (χ2n) is 5.74. The van der Waals surface area contributed by atoms with Gasteiger partial charge in [-0.15, -0.1) is 11.3 Å². The van der Waals surface area contributed by atoms with Crippen LogP contribution in [0.15, 0.2) is 75.2 Å². The molecule has 0 fully saturated rings. The molecule has 0 aliphatic heterocycles. The Labute approximate surface area is 163 Å². The smallest absolute Gasteiger partial charge is 0.338 e. The molecule has 3 aromatic heterocycles. The van der Waals surface area contributed by atoms with Gasteiger partial charge in [-0.1, -0.05) is 11.2 Å². The molecule has 1 N–H and O–H groups in total. The second-order valence-corrected chi connectivity index (χ2v) is 6.69. The van der Waals surface area contributed by atoms with E-state index in [0.717, 1.165) is 4.88 Å². The number of anilines is 1. The van der Waals surface area contributed by atoms with E-state index in [2.05, 4.69) is 10.5 Å². The molecule has 0 atom stereocenters. The van der Waals surface area contributed by atoms with E-state index in [4.69, 9.17) is 13.7 Å². The van der Waals surface area contributed by atoms with Gasteiger partial charge < -0.3 is 19.0 Å². The van der Waals surface area contributed by atoms with Crippen molar-refractivity contribution in [3.05, 3.63) is 83.3 Å². The van der Waals surface area contributed by atoms with E-state index < -0.39 is 5.97 Å². The molecule has 0 unspecified atom stereocenters. The number of rotatable bonds is 6. The van der Waals surface area contributed by atoms with Gasteiger partial charge in [0.1, 0.15) is 12.3 Å². The number of carbonyl (C=O) groups excluding carboxylic acids is 2. The van der Waals surface area contributed by atoms with E-state index in [-0.39, 0.29) is 18.3 Å². The molecule has 8 heteroatoms. The van der Waals surface area contributed by atoms with Crippen molar-refractivity contribution in [3.63, 3.8) is 0 Å². The van der Waals surface area contributed by atoms with Crippen LogP contribution in [0.2, 0.25) is 0 Å². The number of esters is 1. The summed E-state index contributed by atoms with van der Waals surface area (Å²) in [6.45, 7) is 0.00465. The molecule has 0 aliphatic carbocycles. The van der Waals surface area contributed by atoms with Crippen LogP contribution in [0, 0.1) is 0 Å². The number of hydrogen-bond donors (Lipinski definition) is 1. The van der Waals surface area contributed by atoms with Crippen LogP contribution in [0.3, 0.4) is 0 Å². The summed E-state index contributed by atoms with van der Waals surface area (Å²) >= 11 is 1.54. The Kier molecular flexibility index (Phi) is 5.03. The Bertz CT molecular complexity index is 1070. The van der Waals surface area contributed by atoms with Gasteiger partial charge in [-0.05, 0) is 47.8 Å². The lowest BCUT2D eigenvalue weighted by Gasteiger charge is -2.05. The summed E-state index contributed by atoms with van der Waals surface area (Å²) in [4.78, 5) is 25.1. The number of furan rings is 1. The molecule has 1 aromatic carbocycles. The molecule has 0 spiro atoms. The maximum Gasteiger partial charge on any atom is 0.338 e. The van der Waals surface area contributed by atoms with Gasteiger partial charge in [0.2, 0.25) is 0 Å². The minimum Gasteiger partial charge on any atom is -0.459 e. The average molecular weight is 394 g/mol. The van der Waals surface area contributed by atoms with Crippen LogP contribution in [-0.4, -0.2) is 17.0 Å². The van der Waals surface area contributed by atoms with Gasteiger partial charge in [0.25, 0.3) is 5.91 Å². The van der Waals surface area contributed by atoms with Gasteiger partial charge in [-0.3, -0.25) is 4.79 Å². The van der Waals surface area contributed by atoms with E-state index >= 15 is 0 Å². The SMILES string of the molecule is O=C(OCc1cc(-c2cccs2)on1)c1ccc(NC(=O)c2ccco2)cc1. The van der Waals surface area contributed by atoms with Gasteiger partial charge in [0.05, 0.1) is 16.7 Å². The van der Waals surface area contributed by atoms with Crippen LogP contribution in [0.25, 0.3) is 10.6 Å². The van der Waals surface area contributed by atoms with E-state index in [1.165, 1.54) is 17.6 Å². The monoisotopic (exact) mass is 394 g/mol. The first-order chi connectivity index (χ1) is 13.7. The molecule has 0 saturated heterocycles. The van der Waals surface area contributed by atoms with Crippen molar-refractivity contribution in [1.29, 1.82) is 0 Å². The summed E-state index contributed by atoms with van der Waals surface area (Å²) in [6.07, 6.45) is 1.42. The van der Waals surface area contributed by atoms with Crippen LogP contribution < -0.4 is 5.32 Å². The lowest BCUT2D eigenvalue weighted by Crippen LogP contribution is -2.11. The maximum absolute atomic E-state index is 12.2. The molecular formula is C20H14N2O5S. The van der Waals surface area contributed by atoms with Gasteiger partial charge in [-0.2, -0.15) is 0 Å². The number of aromatic nitrogens is 1. The molecule has 0 radical (unpaired) electrons. The molecule has 7 nitrogen and oxygen atoms in total. The van der Waals surface area contributed by atoms with Crippen LogP contribution in [0.1, 0.15) is 26.6 Å². The summed E-state index contributed by atoms with van der Waals surface area (Å²) in [5.74, 6) is -0.0202. The van der Waals surface area contributed by atoms with Crippen molar-refractivity contribution in [3.8, 4) is 10.6 Å². The number of ether oxygens (including phenoxy) is 1. The number of benzene rings is 1. The fraction of sp³-hybridized carbons (Fsp3) is 0.0500. The highest BCUT2D eigenvalue weighted by Gasteiger charge is 2.13. The van der Waals surface area contributed by atoms with E-state index in [9.17, 15) is 9.59 Å². The summed E-state index contributed by atoms with van der Waals surface area (Å²) in [6, 6.07) is 15.1. The number of thiophene rings is 1. The number of amides is 1. The largest absolute Gasteiger partial charge is 0.459 e. The third-order valence-electron chi connectivity index (χ3n) is 3.80. The lowest BCUT2D eigenvalue weighted by atomic mass is 10.2. The van der Waals surface area contributed by atoms with Crippen LogP contribution in [-0.2, 0) is 11.3 Å². The summed E-state index contributed by atoms with van der Waals surface area (Å²) in [7, 11) is 0. The third kappa shape index (κ3) is 4.02. The first-order valence-electron chi connectivity index (χ1n) is 8.30. The Morgan fingerprint density at radius 2 is 1.96 bits per heavy atom. The number of carbonyl (C=O) groups is 2. The number of nitrogens with zero attached hydrogens (tertiary/aromatic N) is 1. The predicted molar refractivity (Wildman–Crippen MR) is 102 cm³/mol. The number of nitrogens with one attached hydrogen (secondary N) is 1. The highest BCUT2D eigenvalue weighted by molar-refractivity contribution is 7.13. The van der Waals surface area contributed by atoms with Gasteiger partial charge in [0, 0.05) is 11.8 Å². The van der Waals surface area contributed by atoms with E-state index in [1.54, 1.807) is 42.5 Å². The number of hydrogen-bond acceptors (Lipinski definition) is 7. The van der Waals surface area contributed by atoms with E-state index in [1.807, 2.05) is 17.5 Å². The first kappa shape index (κ1) is 17.7.